The van der Waals surface area contributed by atoms with Crippen molar-refractivity contribution in [2.24, 2.45) is 5.73 Å². The Kier molecular flexibility index (Phi) is 5.89. The molecule has 3 nitrogen and oxygen atoms in total. The predicted molar refractivity (Wildman–Crippen MR) is 70.8 cm³/mol. The molecule has 106 valence electrons. The van der Waals surface area contributed by atoms with Crippen LogP contribution in [-0.2, 0) is 0 Å². The number of hydrogen-bond acceptors (Lipinski definition) is 2. The van der Waals surface area contributed by atoms with E-state index in [0.29, 0.717) is 13.1 Å². The molecule has 0 heterocycles. The van der Waals surface area contributed by atoms with Gasteiger partial charge in [-0.25, -0.2) is 8.78 Å². The zero-order valence-electron chi connectivity index (χ0n) is 11.3. The summed E-state index contributed by atoms with van der Waals surface area (Å²) >= 11 is 0. The third-order valence-electron chi connectivity index (χ3n) is 3.17. The van der Waals surface area contributed by atoms with Gasteiger partial charge in [-0.1, -0.05) is 13.8 Å². The van der Waals surface area contributed by atoms with Crippen LogP contribution < -0.4 is 5.73 Å². The smallest absolute Gasteiger partial charge is 0.257 e. The van der Waals surface area contributed by atoms with Gasteiger partial charge < -0.3 is 10.6 Å². The predicted octanol–water partition coefficient (Wildman–Crippen LogP) is 2.55. The van der Waals surface area contributed by atoms with E-state index in [-0.39, 0.29) is 11.6 Å². The van der Waals surface area contributed by atoms with Crippen molar-refractivity contribution in [3.8, 4) is 0 Å². The Hall–Kier alpha value is -1.49. The van der Waals surface area contributed by atoms with Crippen molar-refractivity contribution in [2.75, 3.05) is 13.1 Å². The average molecular weight is 270 g/mol. The molecular formula is C14H20F2N2O. The Labute approximate surface area is 112 Å². The van der Waals surface area contributed by atoms with Crippen molar-refractivity contribution in [3.63, 3.8) is 0 Å². The van der Waals surface area contributed by atoms with Crippen LogP contribution in [0.25, 0.3) is 0 Å². The van der Waals surface area contributed by atoms with Gasteiger partial charge in [-0.3, -0.25) is 4.79 Å². The fraction of sp³-hybridized carbons (Fsp3) is 0.500. The fourth-order valence-electron chi connectivity index (χ4n) is 2.13. The van der Waals surface area contributed by atoms with Gasteiger partial charge in [0.2, 0.25) is 0 Å². The van der Waals surface area contributed by atoms with E-state index in [9.17, 15) is 13.6 Å². The van der Waals surface area contributed by atoms with Crippen molar-refractivity contribution in [1.82, 2.24) is 4.90 Å². The van der Waals surface area contributed by atoms with Crippen LogP contribution in [0.5, 0.6) is 0 Å². The molecule has 0 radical (unpaired) electrons. The average Bonchev–Trinajstić information content (AvgIpc) is 2.41. The highest BCUT2D eigenvalue weighted by molar-refractivity contribution is 5.94. The normalized spacial score (nSPS) is 10.8. The van der Waals surface area contributed by atoms with Gasteiger partial charge in [0.05, 0.1) is 5.56 Å². The number of amides is 1. The van der Waals surface area contributed by atoms with Gasteiger partial charge in [0.1, 0.15) is 11.6 Å². The van der Waals surface area contributed by atoms with Crippen LogP contribution in [-0.4, -0.2) is 29.9 Å². The maximum absolute atomic E-state index is 13.6. The highest BCUT2D eigenvalue weighted by Crippen LogP contribution is 2.16. The molecule has 0 saturated carbocycles. The Morgan fingerprint density at radius 2 is 1.95 bits per heavy atom. The second kappa shape index (κ2) is 7.19. The van der Waals surface area contributed by atoms with E-state index in [0.717, 1.165) is 31.0 Å². The Morgan fingerprint density at radius 1 is 1.32 bits per heavy atom. The summed E-state index contributed by atoms with van der Waals surface area (Å²) in [7, 11) is 0. The molecule has 0 aliphatic rings. The van der Waals surface area contributed by atoms with Crippen molar-refractivity contribution in [1.29, 1.82) is 0 Å². The van der Waals surface area contributed by atoms with E-state index >= 15 is 0 Å². The lowest BCUT2D eigenvalue weighted by Crippen LogP contribution is -2.43. The molecule has 1 rings (SSSR count). The van der Waals surface area contributed by atoms with E-state index in [2.05, 4.69) is 0 Å². The van der Waals surface area contributed by atoms with Crippen LogP contribution in [0, 0.1) is 11.6 Å². The number of hydrogen-bond donors (Lipinski definition) is 1. The van der Waals surface area contributed by atoms with Gasteiger partial charge in [0.15, 0.2) is 0 Å². The SMILES string of the molecule is CCC(CC)N(CCN)C(=O)c1cc(F)ccc1F. The summed E-state index contributed by atoms with van der Waals surface area (Å²) in [5, 5.41) is 0. The van der Waals surface area contributed by atoms with Crippen LogP contribution in [0.4, 0.5) is 8.78 Å². The summed E-state index contributed by atoms with van der Waals surface area (Å²) in [5.41, 5.74) is 5.26. The van der Waals surface area contributed by atoms with Gasteiger partial charge in [-0.15, -0.1) is 0 Å². The standard InChI is InChI=1S/C14H20F2N2O/c1-3-11(4-2)18(8-7-17)14(19)12-9-10(15)5-6-13(12)16/h5-6,9,11H,3-4,7-8,17H2,1-2H3. The largest absolute Gasteiger partial charge is 0.334 e. The maximum atomic E-state index is 13.6. The van der Waals surface area contributed by atoms with E-state index in [1.807, 2.05) is 13.8 Å². The Balaban J connectivity index is 3.08. The molecule has 0 aliphatic heterocycles. The van der Waals surface area contributed by atoms with Gasteiger partial charge in [-0.2, -0.15) is 0 Å². The van der Waals surface area contributed by atoms with Gasteiger partial charge in [0, 0.05) is 19.1 Å². The quantitative estimate of drug-likeness (QED) is 0.863. The fourth-order valence-corrected chi connectivity index (χ4v) is 2.13. The third kappa shape index (κ3) is 3.73. The zero-order valence-corrected chi connectivity index (χ0v) is 11.3. The Bertz CT molecular complexity index is 433. The highest BCUT2D eigenvalue weighted by atomic mass is 19.1. The first-order valence-electron chi connectivity index (χ1n) is 6.51. The molecule has 0 saturated heterocycles. The molecule has 19 heavy (non-hydrogen) atoms. The van der Waals surface area contributed by atoms with Gasteiger partial charge >= 0.3 is 0 Å². The summed E-state index contributed by atoms with van der Waals surface area (Å²) in [6, 6.07) is 2.88. The summed E-state index contributed by atoms with van der Waals surface area (Å²) in [4.78, 5) is 13.9. The van der Waals surface area contributed by atoms with Crippen LogP contribution in [0.1, 0.15) is 37.0 Å². The van der Waals surface area contributed by atoms with Gasteiger partial charge in [-0.05, 0) is 31.0 Å². The first kappa shape index (κ1) is 15.6. The second-order valence-corrected chi connectivity index (χ2v) is 4.38. The Morgan fingerprint density at radius 3 is 2.47 bits per heavy atom. The lowest BCUT2D eigenvalue weighted by molar-refractivity contribution is 0.0669. The molecule has 0 fully saturated rings. The molecule has 0 aromatic heterocycles. The molecule has 1 aromatic rings. The molecule has 0 unspecified atom stereocenters. The van der Waals surface area contributed by atoms with E-state index in [4.69, 9.17) is 5.73 Å². The molecule has 0 bridgehead atoms. The van der Waals surface area contributed by atoms with E-state index in [1.54, 1.807) is 0 Å². The number of carbonyl (C=O) groups is 1. The van der Waals surface area contributed by atoms with Gasteiger partial charge in [0.25, 0.3) is 5.91 Å². The second-order valence-electron chi connectivity index (χ2n) is 4.38. The number of carbonyl (C=O) groups excluding carboxylic acids is 1. The molecule has 1 amide bonds. The topological polar surface area (TPSA) is 46.3 Å². The molecule has 5 heteroatoms. The molecule has 1 aromatic carbocycles. The van der Waals surface area contributed by atoms with Crippen molar-refractivity contribution < 1.29 is 13.6 Å². The minimum Gasteiger partial charge on any atom is -0.334 e. The number of nitrogens with two attached hydrogens (primary N) is 1. The lowest BCUT2D eigenvalue weighted by atomic mass is 10.1. The van der Waals surface area contributed by atoms with Crippen LogP contribution in [0.15, 0.2) is 18.2 Å². The molecule has 0 spiro atoms. The van der Waals surface area contributed by atoms with Crippen LogP contribution >= 0.6 is 0 Å². The minimum atomic E-state index is -0.709. The molecule has 0 atom stereocenters. The van der Waals surface area contributed by atoms with E-state index < -0.39 is 17.5 Å². The van der Waals surface area contributed by atoms with Crippen molar-refractivity contribution >= 4 is 5.91 Å². The number of rotatable bonds is 6. The molecular weight excluding hydrogens is 250 g/mol. The molecule has 2 N–H and O–H groups in total. The molecule has 0 aliphatic carbocycles. The van der Waals surface area contributed by atoms with Crippen LogP contribution in [0.3, 0.4) is 0 Å². The first-order valence-corrected chi connectivity index (χ1v) is 6.51. The summed E-state index contributed by atoms with van der Waals surface area (Å²) in [5.74, 6) is -1.84. The lowest BCUT2D eigenvalue weighted by Gasteiger charge is -2.30. The maximum Gasteiger partial charge on any atom is 0.257 e. The number of nitrogens with zero attached hydrogens (tertiary/aromatic N) is 1. The van der Waals surface area contributed by atoms with Crippen LogP contribution in [0.2, 0.25) is 0 Å². The number of benzene rings is 1. The minimum absolute atomic E-state index is 0.0151. The van der Waals surface area contributed by atoms with E-state index in [1.165, 1.54) is 4.90 Å². The monoisotopic (exact) mass is 270 g/mol. The summed E-state index contributed by atoms with van der Waals surface area (Å²) in [6.45, 7) is 4.53. The number of halogens is 2. The summed E-state index contributed by atoms with van der Waals surface area (Å²) in [6.07, 6.45) is 1.50. The van der Waals surface area contributed by atoms with Crippen molar-refractivity contribution in [2.45, 2.75) is 32.7 Å². The first-order chi connectivity index (χ1) is 9.04. The summed E-state index contributed by atoms with van der Waals surface area (Å²) < 4.78 is 26.8. The third-order valence-corrected chi connectivity index (χ3v) is 3.17. The highest BCUT2D eigenvalue weighted by Gasteiger charge is 2.24. The zero-order chi connectivity index (χ0) is 14.4. The van der Waals surface area contributed by atoms with Crippen molar-refractivity contribution in [3.05, 3.63) is 35.4 Å².